The monoisotopic (exact) mass is 432 g/mol. The molecule has 29 heavy (non-hydrogen) atoms. The lowest BCUT2D eigenvalue weighted by atomic mass is 10.1. The number of nitrogens with zero attached hydrogens (tertiary/aromatic N) is 3. The first kappa shape index (κ1) is 19.9. The van der Waals surface area contributed by atoms with Crippen LogP contribution in [0.3, 0.4) is 0 Å². The third kappa shape index (κ3) is 4.45. The van der Waals surface area contributed by atoms with Crippen LogP contribution in [0.15, 0.2) is 48.5 Å². The van der Waals surface area contributed by atoms with Crippen molar-refractivity contribution in [3.63, 3.8) is 0 Å². The fourth-order valence-corrected chi connectivity index (χ4v) is 3.92. The Morgan fingerprint density at radius 1 is 1.07 bits per heavy atom. The van der Waals surface area contributed by atoms with E-state index in [9.17, 15) is 9.18 Å². The van der Waals surface area contributed by atoms with Gasteiger partial charge in [0.15, 0.2) is 0 Å². The van der Waals surface area contributed by atoms with Crippen molar-refractivity contribution in [3.05, 3.63) is 75.7 Å². The molecule has 1 saturated heterocycles. The summed E-state index contributed by atoms with van der Waals surface area (Å²) >= 11 is 12.2. The number of aromatic amines is 1. The number of rotatable bonds is 4. The van der Waals surface area contributed by atoms with Gasteiger partial charge in [-0.3, -0.25) is 14.8 Å². The minimum Gasteiger partial charge on any atom is -0.335 e. The molecule has 0 bridgehead atoms. The maximum atomic E-state index is 13.8. The lowest BCUT2D eigenvalue weighted by molar-refractivity contribution is 0.0621. The Labute approximate surface area is 178 Å². The first-order valence-corrected chi connectivity index (χ1v) is 10.0. The number of aromatic nitrogens is 2. The number of hydrogen-bond donors (Lipinski definition) is 1. The number of carbonyl (C=O) groups is 1. The van der Waals surface area contributed by atoms with E-state index in [-0.39, 0.29) is 11.7 Å². The summed E-state index contributed by atoms with van der Waals surface area (Å²) in [5.74, 6) is -0.309. The molecule has 0 spiro atoms. The van der Waals surface area contributed by atoms with Crippen LogP contribution in [0.1, 0.15) is 16.1 Å². The first-order chi connectivity index (χ1) is 14.0. The Bertz CT molecular complexity index is 1030. The standard InChI is InChI=1S/C21H19Cl2FN4O/c22-15-5-6-16(17(23)11-15)19-12-20(26-25-19)21(29)28-9-7-27(8-10-28)13-14-3-1-2-4-18(14)24/h1-6,11-12H,7-10,13H2,(H,25,26). The molecule has 0 saturated carbocycles. The van der Waals surface area contributed by atoms with Crippen LogP contribution in [-0.2, 0) is 6.54 Å². The molecule has 0 atom stereocenters. The average Bonchev–Trinajstić information content (AvgIpc) is 3.19. The second kappa shape index (κ2) is 8.53. The van der Waals surface area contributed by atoms with Crippen molar-refractivity contribution in [2.75, 3.05) is 26.2 Å². The van der Waals surface area contributed by atoms with E-state index in [2.05, 4.69) is 15.1 Å². The number of amides is 1. The molecule has 2 aromatic carbocycles. The third-order valence-corrected chi connectivity index (χ3v) is 5.57. The largest absolute Gasteiger partial charge is 0.335 e. The van der Waals surface area contributed by atoms with E-state index >= 15 is 0 Å². The number of halogens is 3. The maximum absolute atomic E-state index is 13.8. The SMILES string of the molecule is O=C(c1cc(-c2ccc(Cl)cc2Cl)n[nH]1)N1CCN(Cc2ccccc2F)CC1. The van der Waals surface area contributed by atoms with Gasteiger partial charge in [-0.25, -0.2) is 4.39 Å². The molecule has 1 amide bonds. The number of nitrogens with one attached hydrogen (secondary N) is 1. The number of H-pyrrole nitrogens is 1. The van der Waals surface area contributed by atoms with Gasteiger partial charge < -0.3 is 4.90 Å². The third-order valence-electron chi connectivity index (χ3n) is 5.03. The van der Waals surface area contributed by atoms with Gasteiger partial charge in [-0.05, 0) is 30.3 Å². The molecule has 0 aliphatic carbocycles. The predicted molar refractivity (Wildman–Crippen MR) is 112 cm³/mol. The van der Waals surface area contributed by atoms with E-state index in [1.54, 1.807) is 41.3 Å². The highest BCUT2D eigenvalue weighted by Gasteiger charge is 2.24. The molecule has 1 aliphatic rings. The second-order valence-electron chi connectivity index (χ2n) is 6.95. The highest BCUT2D eigenvalue weighted by Crippen LogP contribution is 2.29. The first-order valence-electron chi connectivity index (χ1n) is 9.27. The Hall–Kier alpha value is -2.41. The zero-order chi connectivity index (χ0) is 20.4. The lowest BCUT2D eigenvalue weighted by Crippen LogP contribution is -2.48. The molecule has 8 heteroatoms. The Kier molecular flexibility index (Phi) is 5.85. The van der Waals surface area contributed by atoms with Gasteiger partial charge in [-0.15, -0.1) is 0 Å². The summed E-state index contributed by atoms with van der Waals surface area (Å²) in [4.78, 5) is 16.7. The molecule has 3 aromatic rings. The number of carbonyl (C=O) groups excluding carboxylic acids is 1. The fraction of sp³-hybridized carbons (Fsp3) is 0.238. The van der Waals surface area contributed by atoms with Crippen LogP contribution in [0.5, 0.6) is 0 Å². The van der Waals surface area contributed by atoms with Crippen molar-refractivity contribution in [1.29, 1.82) is 0 Å². The Morgan fingerprint density at radius 3 is 2.55 bits per heavy atom. The van der Waals surface area contributed by atoms with E-state index in [1.165, 1.54) is 6.07 Å². The molecule has 0 radical (unpaired) electrons. The summed E-state index contributed by atoms with van der Waals surface area (Å²) in [6, 6.07) is 13.6. The van der Waals surface area contributed by atoms with Crippen molar-refractivity contribution in [1.82, 2.24) is 20.0 Å². The highest BCUT2D eigenvalue weighted by atomic mass is 35.5. The number of benzene rings is 2. The van der Waals surface area contributed by atoms with Crippen LogP contribution in [-0.4, -0.2) is 52.1 Å². The van der Waals surface area contributed by atoms with Gasteiger partial charge in [-0.1, -0.05) is 41.4 Å². The molecule has 1 aromatic heterocycles. The topological polar surface area (TPSA) is 52.2 Å². The van der Waals surface area contributed by atoms with Gasteiger partial charge in [0.2, 0.25) is 0 Å². The smallest absolute Gasteiger partial charge is 0.271 e. The van der Waals surface area contributed by atoms with Crippen LogP contribution in [0.4, 0.5) is 4.39 Å². The van der Waals surface area contributed by atoms with Crippen LogP contribution in [0.25, 0.3) is 11.3 Å². The molecular formula is C21H19Cl2FN4O. The average molecular weight is 433 g/mol. The van der Waals surface area contributed by atoms with E-state index in [0.29, 0.717) is 65.3 Å². The summed E-state index contributed by atoms with van der Waals surface area (Å²) in [7, 11) is 0. The summed E-state index contributed by atoms with van der Waals surface area (Å²) in [6.45, 7) is 3.05. The van der Waals surface area contributed by atoms with Crippen molar-refractivity contribution in [2.45, 2.75) is 6.54 Å². The highest BCUT2D eigenvalue weighted by molar-refractivity contribution is 6.36. The summed E-state index contributed by atoms with van der Waals surface area (Å²) < 4.78 is 13.8. The minimum atomic E-state index is -0.197. The van der Waals surface area contributed by atoms with Crippen molar-refractivity contribution < 1.29 is 9.18 Å². The number of piperazine rings is 1. The van der Waals surface area contributed by atoms with Crippen molar-refractivity contribution >= 4 is 29.1 Å². The number of hydrogen-bond acceptors (Lipinski definition) is 3. The second-order valence-corrected chi connectivity index (χ2v) is 7.79. The summed E-state index contributed by atoms with van der Waals surface area (Å²) in [5, 5.41) is 8.04. The Balaban J connectivity index is 1.39. The van der Waals surface area contributed by atoms with E-state index < -0.39 is 0 Å². The van der Waals surface area contributed by atoms with Crippen LogP contribution < -0.4 is 0 Å². The molecule has 0 unspecified atom stereocenters. The van der Waals surface area contributed by atoms with Gasteiger partial charge >= 0.3 is 0 Å². The summed E-state index contributed by atoms with van der Waals surface area (Å²) in [6.07, 6.45) is 0. The molecule has 1 fully saturated rings. The van der Waals surface area contributed by atoms with Crippen molar-refractivity contribution in [3.8, 4) is 11.3 Å². The fourth-order valence-electron chi connectivity index (χ4n) is 3.41. The van der Waals surface area contributed by atoms with Gasteiger partial charge in [0.25, 0.3) is 5.91 Å². The van der Waals surface area contributed by atoms with Crippen LogP contribution >= 0.6 is 23.2 Å². The molecule has 4 rings (SSSR count). The lowest BCUT2D eigenvalue weighted by Gasteiger charge is -2.34. The molecule has 150 valence electrons. The predicted octanol–water partition coefficient (Wildman–Crippen LogP) is 4.48. The molecular weight excluding hydrogens is 414 g/mol. The van der Waals surface area contributed by atoms with Crippen LogP contribution in [0.2, 0.25) is 10.0 Å². The zero-order valence-electron chi connectivity index (χ0n) is 15.5. The quantitative estimate of drug-likeness (QED) is 0.660. The minimum absolute atomic E-state index is 0.112. The molecule has 5 nitrogen and oxygen atoms in total. The van der Waals surface area contributed by atoms with Gasteiger partial charge in [-0.2, -0.15) is 5.10 Å². The summed E-state index contributed by atoms with van der Waals surface area (Å²) in [5.41, 5.74) is 2.38. The Morgan fingerprint density at radius 2 is 1.83 bits per heavy atom. The van der Waals surface area contributed by atoms with E-state index in [4.69, 9.17) is 23.2 Å². The molecule has 1 aliphatic heterocycles. The van der Waals surface area contributed by atoms with Gasteiger partial charge in [0, 0.05) is 48.9 Å². The van der Waals surface area contributed by atoms with E-state index in [1.807, 2.05) is 6.07 Å². The van der Waals surface area contributed by atoms with Crippen molar-refractivity contribution in [2.24, 2.45) is 0 Å². The van der Waals surface area contributed by atoms with E-state index in [0.717, 1.165) is 0 Å². The molecule has 2 heterocycles. The molecule has 1 N–H and O–H groups in total. The van der Waals surface area contributed by atoms with Gasteiger partial charge in [0.05, 0.1) is 10.7 Å². The van der Waals surface area contributed by atoms with Gasteiger partial charge in [0.1, 0.15) is 11.5 Å². The zero-order valence-corrected chi connectivity index (χ0v) is 17.0. The van der Waals surface area contributed by atoms with Crippen LogP contribution in [0, 0.1) is 5.82 Å². The normalized spacial score (nSPS) is 14.9. The maximum Gasteiger partial charge on any atom is 0.271 e.